The zero-order valence-electron chi connectivity index (χ0n) is 7.99. The zero-order valence-corrected chi connectivity index (χ0v) is 8.81. The van der Waals surface area contributed by atoms with E-state index in [1.807, 2.05) is 0 Å². The highest BCUT2D eigenvalue weighted by Gasteiger charge is 2.38. The molecule has 2 aliphatic carbocycles. The van der Waals surface area contributed by atoms with Gasteiger partial charge in [0.15, 0.2) is 0 Å². The van der Waals surface area contributed by atoms with E-state index in [0.717, 1.165) is 0 Å². The van der Waals surface area contributed by atoms with Crippen molar-refractivity contribution in [2.45, 2.75) is 0 Å². The van der Waals surface area contributed by atoms with E-state index in [1.54, 1.807) is 12.2 Å². The fourth-order valence-corrected chi connectivity index (χ4v) is 2.64. The molecular weight excluding hydrogens is 232 g/mol. The lowest BCUT2D eigenvalue weighted by molar-refractivity contribution is -0.136. The first kappa shape index (κ1) is 11.0. The van der Waals surface area contributed by atoms with Gasteiger partial charge in [-0.15, -0.1) is 0 Å². The Morgan fingerprint density at radius 3 is 2.19 bits per heavy atom. The highest BCUT2D eigenvalue weighted by Crippen LogP contribution is 2.33. The van der Waals surface area contributed by atoms with E-state index in [2.05, 4.69) is 0 Å². The smallest absolute Gasteiger partial charge is 0.223 e. The molecule has 0 spiro atoms. The molecule has 0 radical (unpaired) electrons. The Morgan fingerprint density at radius 1 is 1.06 bits per heavy atom. The highest BCUT2D eigenvalue weighted by molar-refractivity contribution is 7.89. The first-order valence-electron chi connectivity index (χ1n) is 4.52. The molecule has 0 aromatic carbocycles. The quantitative estimate of drug-likeness (QED) is 0.471. The van der Waals surface area contributed by atoms with Crippen molar-refractivity contribution in [2.75, 3.05) is 0 Å². The molecule has 2 rings (SSSR count). The Balaban J connectivity index is 2.59. The predicted molar refractivity (Wildman–Crippen MR) is 53.1 cm³/mol. The highest BCUT2D eigenvalue weighted by atomic mass is 32.2. The normalized spacial score (nSPS) is 28.9. The molecule has 0 heterocycles. The molecule has 0 fully saturated rings. The van der Waals surface area contributed by atoms with Gasteiger partial charge in [-0.3, -0.25) is 9.59 Å². The summed E-state index contributed by atoms with van der Waals surface area (Å²) in [4.78, 5) is 22.1. The van der Waals surface area contributed by atoms with Crippen LogP contribution in [0.3, 0.4) is 0 Å². The molecule has 0 amide bonds. The molecule has 2 atom stereocenters. The van der Waals surface area contributed by atoms with Gasteiger partial charge in [0.25, 0.3) is 0 Å². The summed E-state index contributed by atoms with van der Waals surface area (Å²) in [6, 6.07) is 0. The van der Waals surface area contributed by atoms with Crippen molar-refractivity contribution in [1.82, 2.24) is 0 Å². The number of hydrogen-bond donors (Lipinski definition) is 0. The molecule has 0 unspecified atom stereocenters. The Labute approximate surface area is 91.9 Å². The minimum Gasteiger partial charge on any atom is -0.744 e. The fourth-order valence-electron chi connectivity index (χ4n) is 1.83. The first-order valence-corrected chi connectivity index (χ1v) is 5.93. The van der Waals surface area contributed by atoms with Crippen molar-refractivity contribution >= 4 is 21.7 Å². The predicted octanol–water partition coefficient (Wildman–Crippen LogP) is -0.0743. The molecule has 0 aliphatic heterocycles. The summed E-state index contributed by atoms with van der Waals surface area (Å²) in [6.45, 7) is 0. The molecule has 2 aliphatic rings. The summed E-state index contributed by atoms with van der Waals surface area (Å²) in [7, 11) is -4.70. The molecule has 6 heteroatoms. The molecule has 0 saturated carbocycles. The van der Waals surface area contributed by atoms with Gasteiger partial charge in [0.05, 0.1) is 5.92 Å². The molecule has 16 heavy (non-hydrogen) atoms. The lowest BCUT2D eigenvalue weighted by Crippen LogP contribution is -2.35. The minimum atomic E-state index is -4.70. The average Bonchev–Trinajstić information content (AvgIpc) is 2.22. The van der Waals surface area contributed by atoms with E-state index in [-0.39, 0.29) is 0 Å². The van der Waals surface area contributed by atoms with Gasteiger partial charge in [0, 0.05) is 16.9 Å². The van der Waals surface area contributed by atoms with Crippen molar-refractivity contribution in [1.29, 1.82) is 0 Å². The lowest BCUT2D eigenvalue weighted by atomic mass is 9.80. The van der Waals surface area contributed by atoms with Crippen molar-refractivity contribution in [3.05, 3.63) is 35.3 Å². The summed E-state index contributed by atoms with van der Waals surface area (Å²) in [5.41, 5.74) is 0. The van der Waals surface area contributed by atoms with E-state index in [1.165, 1.54) is 12.2 Å². The van der Waals surface area contributed by atoms with Crippen LogP contribution in [0, 0.1) is 11.8 Å². The maximum absolute atomic E-state index is 11.5. The minimum absolute atomic E-state index is 0.525. The Hall–Kier alpha value is -1.53. The van der Waals surface area contributed by atoms with E-state index in [0.29, 0.717) is 6.08 Å². The van der Waals surface area contributed by atoms with Crippen LogP contribution < -0.4 is 0 Å². The molecular formula is C10H7O5S-. The Kier molecular flexibility index (Phi) is 2.40. The van der Waals surface area contributed by atoms with Crippen LogP contribution in [0.4, 0.5) is 0 Å². The summed E-state index contributed by atoms with van der Waals surface area (Å²) >= 11 is 0. The van der Waals surface area contributed by atoms with E-state index in [4.69, 9.17) is 0 Å². The lowest BCUT2D eigenvalue weighted by Gasteiger charge is -2.29. The van der Waals surface area contributed by atoms with Gasteiger partial charge in [-0.1, -0.05) is 24.3 Å². The number of fused-ring (bicyclic) bond motifs is 1. The van der Waals surface area contributed by atoms with Crippen molar-refractivity contribution in [3.8, 4) is 0 Å². The van der Waals surface area contributed by atoms with Gasteiger partial charge in [0.2, 0.25) is 11.6 Å². The second kappa shape index (κ2) is 3.50. The molecule has 0 aromatic rings. The third kappa shape index (κ3) is 1.66. The Bertz CT molecular complexity index is 550. The number of hydrogen-bond acceptors (Lipinski definition) is 5. The average molecular weight is 239 g/mol. The monoisotopic (exact) mass is 239 g/mol. The van der Waals surface area contributed by atoms with Crippen LogP contribution in [-0.4, -0.2) is 24.5 Å². The number of Topliss-reactive ketones (excluding diaryl/α,β-unsaturated/α-hetero) is 1. The van der Waals surface area contributed by atoms with Gasteiger partial charge in [-0.25, -0.2) is 8.42 Å². The summed E-state index contributed by atoms with van der Waals surface area (Å²) in [5.74, 6) is -3.31. The number of ketones is 2. The second-order valence-electron chi connectivity index (χ2n) is 3.55. The van der Waals surface area contributed by atoms with Gasteiger partial charge in [0.1, 0.15) is 10.1 Å². The largest absolute Gasteiger partial charge is 0.744 e. The van der Waals surface area contributed by atoms with Crippen LogP contribution in [0.1, 0.15) is 0 Å². The zero-order chi connectivity index (χ0) is 11.9. The van der Waals surface area contributed by atoms with Crippen molar-refractivity contribution < 1.29 is 22.6 Å². The molecule has 0 N–H and O–H groups in total. The summed E-state index contributed by atoms with van der Waals surface area (Å²) in [6.07, 6.45) is 6.60. The van der Waals surface area contributed by atoms with Crippen LogP contribution in [0.2, 0.25) is 0 Å². The topological polar surface area (TPSA) is 91.3 Å². The standard InChI is InChI=1S/C10H8O5S/c11-8-5-9(16(13,14)15)6-3-1-2-4-7(6)10(8)12/h1-7H,(H,13,14,15)/p-1/t6-,7+/m1/s1. The van der Waals surface area contributed by atoms with E-state index >= 15 is 0 Å². The van der Waals surface area contributed by atoms with Gasteiger partial charge in [-0.2, -0.15) is 0 Å². The molecule has 5 nitrogen and oxygen atoms in total. The summed E-state index contributed by atoms with van der Waals surface area (Å²) < 4.78 is 32.8. The van der Waals surface area contributed by atoms with Gasteiger partial charge < -0.3 is 4.55 Å². The number of carbonyl (C=O) groups excluding carboxylic acids is 2. The van der Waals surface area contributed by atoms with Gasteiger partial charge in [-0.05, 0) is 0 Å². The maximum atomic E-state index is 11.5. The van der Waals surface area contributed by atoms with E-state index in [9.17, 15) is 22.6 Å². The summed E-state index contributed by atoms with van der Waals surface area (Å²) in [5, 5.41) is 0. The number of rotatable bonds is 1. The van der Waals surface area contributed by atoms with Gasteiger partial charge >= 0.3 is 0 Å². The van der Waals surface area contributed by atoms with Crippen LogP contribution >= 0.6 is 0 Å². The SMILES string of the molecule is O=C1C=C(S(=O)(=O)[O-])[C@@H]2C=CC=C[C@@H]2C1=O. The molecule has 0 aromatic heterocycles. The maximum Gasteiger partial charge on any atom is 0.223 e. The first-order chi connectivity index (χ1) is 7.41. The molecule has 0 bridgehead atoms. The number of allylic oxidation sites excluding steroid dienone is 6. The molecule has 0 saturated heterocycles. The molecule has 84 valence electrons. The fraction of sp³-hybridized carbons (Fsp3) is 0.200. The van der Waals surface area contributed by atoms with Crippen LogP contribution in [-0.2, 0) is 19.7 Å². The van der Waals surface area contributed by atoms with E-state index < -0.39 is 38.4 Å². The van der Waals surface area contributed by atoms with Crippen LogP contribution in [0.25, 0.3) is 0 Å². The van der Waals surface area contributed by atoms with Crippen molar-refractivity contribution in [3.63, 3.8) is 0 Å². The Morgan fingerprint density at radius 2 is 1.62 bits per heavy atom. The van der Waals surface area contributed by atoms with Crippen LogP contribution in [0.5, 0.6) is 0 Å². The second-order valence-corrected chi connectivity index (χ2v) is 4.93. The third-order valence-corrected chi connectivity index (χ3v) is 3.54. The number of carbonyl (C=O) groups is 2. The van der Waals surface area contributed by atoms with Crippen molar-refractivity contribution in [2.24, 2.45) is 11.8 Å². The third-order valence-electron chi connectivity index (χ3n) is 2.57. The van der Waals surface area contributed by atoms with Crippen LogP contribution in [0.15, 0.2) is 35.3 Å².